The first kappa shape index (κ1) is 21.5. The minimum Gasteiger partial charge on any atom is -0.364 e. The number of aliphatic imine (C=N–C) groups is 1. The molecule has 29 heavy (non-hydrogen) atoms. The first-order valence-electron chi connectivity index (χ1n) is 9.77. The molecule has 1 N–H and O–H groups in total. The Morgan fingerprint density at radius 3 is 2.79 bits per heavy atom. The molecule has 0 bridgehead atoms. The normalized spacial score (nSPS) is 15.5. The summed E-state index contributed by atoms with van der Waals surface area (Å²) in [4.78, 5) is 9.54. The second-order valence-electron chi connectivity index (χ2n) is 6.78. The number of piperazine rings is 1. The monoisotopic (exact) mass is 510 g/mol. The van der Waals surface area contributed by atoms with Gasteiger partial charge in [-0.25, -0.2) is 0 Å². The van der Waals surface area contributed by atoms with Crippen molar-refractivity contribution in [2.75, 3.05) is 39.3 Å². The summed E-state index contributed by atoms with van der Waals surface area (Å²) in [5.74, 6) is 1.91. The molecule has 156 valence electrons. The van der Waals surface area contributed by atoms with Gasteiger partial charge in [-0.1, -0.05) is 11.2 Å². The van der Waals surface area contributed by atoms with Crippen LogP contribution in [0, 0.1) is 0 Å². The van der Waals surface area contributed by atoms with Gasteiger partial charge in [-0.05, 0) is 19.1 Å². The molecule has 3 aromatic rings. The number of guanidine groups is 1. The highest BCUT2D eigenvalue weighted by Crippen LogP contribution is 2.08. The van der Waals surface area contributed by atoms with E-state index in [1.54, 1.807) is 6.26 Å². The van der Waals surface area contributed by atoms with Gasteiger partial charge in [0.2, 0.25) is 0 Å². The van der Waals surface area contributed by atoms with Gasteiger partial charge in [0.15, 0.2) is 11.6 Å². The first-order valence-corrected chi connectivity index (χ1v) is 9.77. The van der Waals surface area contributed by atoms with Gasteiger partial charge in [0.1, 0.15) is 12.1 Å². The number of aromatic nitrogens is 4. The zero-order valence-corrected chi connectivity index (χ0v) is 18.9. The molecule has 0 spiro atoms. The summed E-state index contributed by atoms with van der Waals surface area (Å²) < 4.78 is 6.94. The van der Waals surface area contributed by atoms with Crippen LogP contribution < -0.4 is 5.32 Å². The fourth-order valence-corrected chi connectivity index (χ4v) is 3.42. The standard InChI is InChI=1S/C19H26N8O.HI/c1-2-20-19(21-8-6-18-23-22-17-5-3-4-9-27(17)18)26-12-10-25(11-13-26)15-16-7-14-28-24-16;/h3-5,7,9,14H,2,6,8,10-13,15H2,1H3,(H,20,21);1H. The Morgan fingerprint density at radius 1 is 1.17 bits per heavy atom. The van der Waals surface area contributed by atoms with Crippen LogP contribution in [0.25, 0.3) is 5.65 Å². The van der Waals surface area contributed by atoms with Crippen molar-refractivity contribution in [2.45, 2.75) is 19.9 Å². The number of nitrogens with one attached hydrogen (secondary N) is 1. The van der Waals surface area contributed by atoms with E-state index in [4.69, 9.17) is 9.52 Å². The molecule has 0 unspecified atom stereocenters. The van der Waals surface area contributed by atoms with E-state index in [-0.39, 0.29) is 24.0 Å². The van der Waals surface area contributed by atoms with Gasteiger partial charge < -0.3 is 14.7 Å². The molecular formula is C19H27IN8O. The minimum atomic E-state index is 0. The van der Waals surface area contributed by atoms with Crippen molar-refractivity contribution < 1.29 is 4.52 Å². The predicted octanol–water partition coefficient (Wildman–Crippen LogP) is 1.66. The molecule has 0 atom stereocenters. The molecule has 1 fully saturated rings. The number of fused-ring (bicyclic) bond motifs is 1. The van der Waals surface area contributed by atoms with Crippen molar-refractivity contribution >= 4 is 35.6 Å². The highest BCUT2D eigenvalue weighted by molar-refractivity contribution is 14.0. The number of hydrogen-bond donors (Lipinski definition) is 1. The number of nitrogens with zero attached hydrogens (tertiary/aromatic N) is 7. The molecule has 0 saturated carbocycles. The summed E-state index contributed by atoms with van der Waals surface area (Å²) in [6.45, 7) is 8.30. The molecule has 4 heterocycles. The van der Waals surface area contributed by atoms with Crippen molar-refractivity contribution in [3.8, 4) is 0 Å². The summed E-state index contributed by atoms with van der Waals surface area (Å²) in [6.07, 6.45) is 4.38. The number of hydrogen-bond acceptors (Lipinski definition) is 6. The lowest BCUT2D eigenvalue weighted by molar-refractivity contribution is 0.169. The average molecular weight is 510 g/mol. The third-order valence-corrected chi connectivity index (χ3v) is 4.86. The summed E-state index contributed by atoms with van der Waals surface area (Å²) in [6, 6.07) is 7.84. The largest absolute Gasteiger partial charge is 0.364 e. The van der Waals surface area contributed by atoms with Crippen LogP contribution in [0.1, 0.15) is 18.4 Å². The molecule has 0 aromatic carbocycles. The molecule has 0 aliphatic carbocycles. The van der Waals surface area contributed by atoms with Crippen molar-refractivity contribution in [3.63, 3.8) is 0 Å². The Hall–Kier alpha value is -2.21. The summed E-state index contributed by atoms with van der Waals surface area (Å²) in [5.41, 5.74) is 1.85. The van der Waals surface area contributed by atoms with E-state index < -0.39 is 0 Å². The van der Waals surface area contributed by atoms with E-state index in [9.17, 15) is 0 Å². The van der Waals surface area contributed by atoms with Crippen LogP contribution in [-0.2, 0) is 13.0 Å². The van der Waals surface area contributed by atoms with Crippen LogP contribution in [0.4, 0.5) is 0 Å². The van der Waals surface area contributed by atoms with Gasteiger partial charge >= 0.3 is 0 Å². The first-order chi connectivity index (χ1) is 13.8. The molecule has 1 saturated heterocycles. The van der Waals surface area contributed by atoms with Gasteiger partial charge in [0.05, 0.1) is 5.69 Å². The highest BCUT2D eigenvalue weighted by Gasteiger charge is 2.20. The maximum absolute atomic E-state index is 4.92. The van der Waals surface area contributed by atoms with E-state index in [0.29, 0.717) is 6.54 Å². The average Bonchev–Trinajstić information content (AvgIpc) is 3.38. The minimum absolute atomic E-state index is 0. The quantitative estimate of drug-likeness (QED) is 0.307. The molecule has 1 aliphatic rings. The van der Waals surface area contributed by atoms with Crippen LogP contribution in [0.2, 0.25) is 0 Å². The smallest absolute Gasteiger partial charge is 0.194 e. The fourth-order valence-electron chi connectivity index (χ4n) is 3.42. The van der Waals surface area contributed by atoms with Crippen LogP contribution in [0.5, 0.6) is 0 Å². The lowest BCUT2D eigenvalue weighted by Gasteiger charge is -2.36. The van der Waals surface area contributed by atoms with Crippen molar-refractivity contribution in [3.05, 3.63) is 48.2 Å². The van der Waals surface area contributed by atoms with Crippen molar-refractivity contribution in [1.82, 2.24) is 34.9 Å². The Kier molecular flexibility index (Phi) is 7.81. The summed E-state index contributed by atoms with van der Waals surface area (Å²) in [5, 5.41) is 15.9. The van der Waals surface area contributed by atoms with Crippen LogP contribution in [0.3, 0.4) is 0 Å². The van der Waals surface area contributed by atoms with Crippen LogP contribution >= 0.6 is 24.0 Å². The van der Waals surface area contributed by atoms with Gasteiger partial charge in [-0.3, -0.25) is 14.3 Å². The zero-order chi connectivity index (χ0) is 19.2. The molecule has 4 rings (SSSR count). The lowest BCUT2D eigenvalue weighted by Crippen LogP contribution is -2.52. The predicted molar refractivity (Wildman–Crippen MR) is 121 cm³/mol. The molecular weight excluding hydrogens is 483 g/mol. The molecule has 0 radical (unpaired) electrons. The van der Waals surface area contributed by atoms with Gasteiger partial charge in [-0.2, -0.15) is 0 Å². The molecule has 10 heteroatoms. The molecule has 9 nitrogen and oxygen atoms in total. The maximum Gasteiger partial charge on any atom is 0.194 e. The Balaban J connectivity index is 0.00000240. The SMILES string of the molecule is CCNC(=NCCc1nnc2ccccn12)N1CCN(Cc2ccon2)CC1.I. The Bertz CT molecular complexity index is 902. The number of pyridine rings is 1. The Labute approximate surface area is 187 Å². The third kappa shape index (κ3) is 5.44. The molecule has 3 aromatic heterocycles. The highest BCUT2D eigenvalue weighted by atomic mass is 127. The summed E-state index contributed by atoms with van der Waals surface area (Å²) in [7, 11) is 0. The zero-order valence-electron chi connectivity index (χ0n) is 16.6. The van der Waals surface area contributed by atoms with E-state index >= 15 is 0 Å². The lowest BCUT2D eigenvalue weighted by atomic mass is 10.3. The van der Waals surface area contributed by atoms with Gasteiger partial charge in [-0.15, -0.1) is 34.2 Å². The van der Waals surface area contributed by atoms with Gasteiger partial charge in [0, 0.05) is 64.5 Å². The van der Waals surface area contributed by atoms with Crippen molar-refractivity contribution in [1.29, 1.82) is 0 Å². The second-order valence-corrected chi connectivity index (χ2v) is 6.78. The summed E-state index contributed by atoms with van der Waals surface area (Å²) >= 11 is 0. The maximum atomic E-state index is 4.92. The van der Waals surface area contributed by atoms with E-state index in [1.165, 1.54) is 0 Å². The second kappa shape index (κ2) is 10.5. The van der Waals surface area contributed by atoms with E-state index in [0.717, 1.165) is 68.8 Å². The van der Waals surface area contributed by atoms with Crippen molar-refractivity contribution in [2.24, 2.45) is 4.99 Å². The fraction of sp³-hybridized carbons (Fsp3) is 0.474. The Morgan fingerprint density at radius 2 is 2.03 bits per heavy atom. The molecule has 0 amide bonds. The van der Waals surface area contributed by atoms with Gasteiger partial charge in [0.25, 0.3) is 0 Å². The van der Waals surface area contributed by atoms with Crippen LogP contribution in [0.15, 0.2) is 46.2 Å². The molecule has 1 aliphatic heterocycles. The van der Waals surface area contributed by atoms with E-state index in [1.807, 2.05) is 34.9 Å². The van der Waals surface area contributed by atoms with E-state index in [2.05, 4.69) is 37.4 Å². The topological polar surface area (TPSA) is 87.1 Å². The third-order valence-electron chi connectivity index (χ3n) is 4.86. The number of rotatable bonds is 6. The van der Waals surface area contributed by atoms with Crippen LogP contribution in [-0.4, -0.2) is 74.8 Å². The number of halogens is 1.